The molecule has 0 N–H and O–H groups in total. The van der Waals surface area contributed by atoms with Gasteiger partial charge in [0.25, 0.3) is 0 Å². The number of benzene rings is 1. The molecule has 0 bridgehead atoms. The number of rotatable bonds is 1. The minimum absolute atomic E-state index is 1.30. The molecule has 0 aliphatic heterocycles. The number of hydrogen-bond donors (Lipinski definition) is 0. The molecular weight excluding hydrogens is 168 g/mol. The van der Waals surface area contributed by atoms with Crippen molar-refractivity contribution in [2.75, 3.05) is 0 Å². The van der Waals surface area contributed by atoms with E-state index in [-0.39, 0.29) is 0 Å². The maximum Gasteiger partial charge on any atom is -0.0219 e. The highest BCUT2D eigenvalue weighted by molar-refractivity contribution is 5.73. The Kier molecular flexibility index (Phi) is 2.36. The summed E-state index contributed by atoms with van der Waals surface area (Å²) in [5.74, 6) is 0. The zero-order chi connectivity index (χ0) is 9.97. The van der Waals surface area contributed by atoms with E-state index in [1.165, 1.54) is 22.3 Å². The van der Waals surface area contributed by atoms with Gasteiger partial charge in [-0.3, -0.25) is 0 Å². The summed E-state index contributed by atoms with van der Waals surface area (Å²) in [6, 6.07) is 10.5. The summed E-state index contributed by atoms with van der Waals surface area (Å²) in [7, 11) is 0. The van der Waals surface area contributed by atoms with Crippen LogP contribution in [0.4, 0.5) is 0 Å². The Morgan fingerprint density at radius 3 is 2.29 bits per heavy atom. The smallest absolute Gasteiger partial charge is 0.0219 e. The third kappa shape index (κ3) is 1.69. The topological polar surface area (TPSA) is 0 Å². The summed E-state index contributed by atoms with van der Waals surface area (Å²) in [6.45, 7) is 4.30. The average molecular weight is 182 g/mol. The van der Waals surface area contributed by atoms with Crippen molar-refractivity contribution in [3.63, 3.8) is 0 Å². The van der Waals surface area contributed by atoms with Crippen molar-refractivity contribution in [2.24, 2.45) is 0 Å². The third-order valence-corrected chi connectivity index (χ3v) is 2.55. The Hall–Kier alpha value is -1.56. The molecule has 1 aromatic rings. The fourth-order valence-electron chi connectivity index (χ4n) is 1.65. The molecule has 0 atom stereocenters. The molecule has 1 aromatic carbocycles. The normalized spacial score (nSPS) is 18.3. The maximum absolute atomic E-state index is 2.22. The first kappa shape index (κ1) is 9.01. The van der Waals surface area contributed by atoms with Gasteiger partial charge in [-0.2, -0.15) is 0 Å². The molecule has 0 spiro atoms. The molecule has 0 heterocycles. The molecule has 0 heteroatoms. The van der Waals surface area contributed by atoms with Crippen LogP contribution in [-0.2, 0) is 0 Å². The van der Waals surface area contributed by atoms with Crippen LogP contribution in [0, 0.1) is 0 Å². The number of hydrogen-bond acceptors (Lipinski definition) is 0. The van der Waals surface area contributed by atoms with Crippen LogP contribution in [0.25, 0.3) is 5.57 Å². The summed E-state index contributed by atoms with van der Waals surface area (Å²) in [5.41, 5.74) is 5.31. The van der Waals surface area contributed by atoms with Crippen molar-refractivity contribution in [3.8, 4) is 0 Å². The molecule has 0 unspecified atom stereocenters. The standard InChI is InChI=1S/C14H14/c1-11-8-9-14(10-11)12(2)13-6-4-3-5-7-13/h3-10H,1-2H3. The van der Waals surface area contributed by atoms with Crippen molar-refractivity contribution in [3.05, 3.63) is 65.3 Å². The van der Waals surface area contributed by atoms with Crippen molar-refractivity contribution in [1.82, 2.24) is 0 Å². The van der Waals surface area contributed by atoms with E-state index in [1.807, 2.05) is 6.07 Å². The molecule has 0 saturated carbocycles. The Balaban J connectivity index is 2.42. The molecule has 0 aromatic heterocycles. The van der Waals surface area contributed by atoms with E-state index in [2.05, 4.69) is 56.3 Å². The van der Waals surface area contributed by atoms with Crippen molar-refractivity contribution in [1.29, 1.82) is 0 Å². The lowest BCUT2D eigenvalue weighted by molar-refractivity contribution is 1.52. The highest BCUT2D eigenvalue weighted by Gasteiger charge is 2.03. The largest absolute Gasteiger partial charge is 0.0622 e. The first-order valence-electron chi connectivity index (χ1n) is 4.90. The van der Waals surface area contributed by atoms with Crippen molar-refractivity contribution in [2.45, 2.75) is 13.8 Å². The van der Waals surface area contributed by atoms with Gasteiger partial charge in [-0.15, -0.1) is 0 Å². The summed E-state index contributed by atoms with van der Waals surface area (Å²) in [5, 5.41) is 0. The molecule has 1 aliphatic carbocycles. The molecule has 2 rings (SSSR count). The van der Waals surface area contributed by atoms with E-state index in [0.717, 1.165) is 0 Å². The van der Waals surface area contributed by atoms with Crippen LogP contribution in [0.3, 0.4) is 0 Å². The fraction of sp³-hybridized carbons (Fsp3) is 0.143. The second kappa shape index (κ2) is 3.67. The Morgan fingerprint density at radius 2 is 1.71 bits per heavy atom. The summed E-state index contributed by atoms with van der Waals surface area (Å²) in [4.78, 5) is 0. The average Bonchev–Trinajstić information content (AvgIpc) is 2.65. The minimum Gasteiger partial charge on any atom is -0.0622 e. The van der Waals surface area contributed by atoms with Gasteiger partial charge < -0.3 is 0 Å². The van der Waals surface area contributed by atoms with Gasteiger partial charge in [-0.25, -0.2) is 0 Å². The second-order valence-electron chi connectivity index (χ2n) is 3.67. The lowest BCUT2D eigenvalue weighted by Gasteiger charge is -2.03. The molecule has 0 fully saturated rings. The van der Waals surface area contributed by atoms with Gasteiger partial charge in [0.1, 0.15) is 0 Å². The van der Waals surface area contributed by atoms with Gasteiger partial charge in [-0.1, -0.05) is 54.1 Å². The lowest BCUT2D eigenvalue weighted by atomic mass is 10.0. The summed E-state index contributed by atoms with van der Waals surface area (Å²) < 4.78 is 0. The van der Waals surface area contributed by atoms with Gasteiger partial charge in [0, 0.05) is 0 Å². The van der Waals surface area contributed by atoms with Gasteiger partial charge in [0.2, 0.25) is 0 Å². The van der Waals surface area contributed by atoms with E-state index in [0.29, 0.717) is 0 Å². The summed E-state index contributed by atoms with van der Waals surface area (Å²) in [6.07, 6.45) is 6.56. The van der Waals surface area contributed by atoms with E-state index >= 15 is 0 Å². The van der Waals surface area contributed by atoms with Gasteiger partial charge >= 0.3 is 0 Å². The zero-order valence-electron chi connectivity index (χ0n) is 8.62. The first-order valence-corrected chi connectivity index (χ1v) is 4.90. The monoisotopic (exact) mass is 182 g/mol. The molecule has 0 nitrogen and oxygen atoms in total. The van der Waals surface area contributed by atoms with Gasteiger partial charge in [0.15, 0.2) is 0 Å². The highest BCUT2D eigenvalue weighted by Crippen LogP contribution is 2.24. The molecule has 70 valence electrons. The van der Waals surface area contributed by atoms with E-state index in [9.17, 15) is 0 Å². The Morgan fingerprint density at radius 1 is 1.00 bits per heavy atom. The molecule has 0 radical (unpaired) electrons. The molecule has 0 saturated heterocycles. The third-order valence-electron chi connectivity index (χ3n) is 2.55. The lowest BCUT2D eigenvalue weighted by Crippen LogP contribution is -1.81. The van der Waals surface area contributed by atoms with E-state index < -0.39 is 0 Å². The van der Waals surface area contributed by atoms with Crippen LogP contribution >= 0.6 is 0 Å². The van der Waals surface area contributed by atoms with Crippen molar-refractivity contribution < 1.29 is 0 Å². The van der Waals surface area contributed by atoms with Crippen LogP contribution < -0.4 is 0 Å². The molecule has 0 amide bonds. The summed E-state index contributed by atoms with van der Waals surface area (Å²) >= 11 is 0. The molecular formula is C14H14. The number of allylic oxidation sites excluding steroid dienone is 6. The highest BCUT2D eigenvalue weighted by atomic mass is 14.1. The maximum atomic E-state index is 2.22. The van der Waals surface area contributed by atoms with E-state index in [1.54, 1.807) is 0 Å². The van der Waals surface area contributed by atoms with Crippen LogP contribution in [0.1, 0.15) is 19.4 Å². The zero-order valence-corrected chi connectivity index (χ0v) is 8.62. The van der Waals surface area contributed by atoms with Crippen LogP contribution in [0.2, 0.25) is 0 Å². The quantitative estimate of drug-likeness (QED) is 0.616. The van der Waals surface area contributed by atoms with E-state index in [4.69, 9.17) is 0 Å². The molecule has 14 heavy (non-hydrogen) atoms. The predicted molar refractivity (Wildman–Crippen MR) is 61.9 cm³/mol. The Labute approximate surface area is 85.3 Å². The van der Waals surface area contributed by atoms with Crippen molar-refractivity contribution >= 4 is 5.57 Å². The molecule has 1 aliphatic rings. The minimum atomic E-state index is 1.30. The van der Waals surface area contributed by atoms with Crippen LogP contribution in [-0.4, -0.2) is 0 Å². The first-order chi connectivity index (χ1) is 6.77. The Bertz CT molecular complexity index is 417. The van der Waals surface area contributed by atoms with Gasteiger partial charge in [0.05, 0.1) is 0 Å². The van der Waals surface area contributed by atoms with Crippen LogP contribution in [0.5, 0.6) is 0 Å². The predicted octanol–water partition coefficient (Wildman–Crippen LogP) is 3.98. The fourth-order valence-corrected chi connectivity index (χ4v) is 1.65. The SMILES string of the molecule is CC1=CC(=C(C)c2ccccc2)C=C1. The van der Waals surface area contributed by atoms with Crippen LogP contribution in [0.15, 0.2) is 59.7 Å². The second-order valence-corrected chi connectivity index (χ2v) is 3.67. The van der Waals surface area contributed by atoms with Gasteiger partial charge in [-0.05, 0) is 30.6 Å².